The number of piperidine rings is 1. The molecule has 3 aromatic rings. The van der Waals surface area contributed by atoms with Crippen LogP contribution in [0.5, 0.6) is 0 Å². The van der Waals surface area contributed by atoms with Crippen LogP contribution in [0.25, 0.3) is 11.4 Å². The number of nitrogens with zero attached hydrogens (tertiary/aromatic N) is 5. The van der Waals surface area contributed by atoms with Gasteiger partial charge >= 0.3 is 0 Å². The number of aromatic nitrogens is 4. The number of hydrogen-bond acceptors (Lipinski definition) is 7. The minimum Gasteiger partial charge on any atom is -0.347 e. The Hall–Kier alpha value is -3.29. The van der Waals surface area contributed by atoms with Gasteiger partial charge in [-0.1, -0.05) is 35.5 Å². The van der Waals surface area contributed by atoms with Crippen LogP contribution < -0.4 is 10.2 Å². The summed E-state index contributed by atoms with van der Waals surface area (Å²) in [5, 5.41) is 6.87. The van der Waals surface area contributed by atoms with E-state index in [1.165, 1.54) is 0 Å². The van der Waals surface area contributed by atoms with Crippen molar-refractivity contribution in [2.45, 2.75) is 19.4 Å². The molecule has 8 nitrogen and oxygen atoms in total. The van der Waals surface area contributed by atoms with E-state index in [1.807, 2.05) is 35.2 Å². The summed E-state index contributed by atoms with van der Waals surface area (Å²) >= 11 is 0. The molecule has 1 amide bonds. The lowest BCUT2D eigenvalue weighted by atomic mass is 9.97. The molecule has 1 atom stereocenters. The molecule has 8 heteroatoms. The third-order valence-corrected chi connectivity index (χ3v) is 4.54. The van der Waals surface area contributed by atoms with E-state index in [9.17, 15) is 4.79 Å². The second-order valence-electron chi connectivity index (χ2n) is 6.43. The predicted molar refractivity (Wildman–Crippen MR) is 98.5 cm³/mol. The van der Waals surface area contributed by atoms with E-state index in [0.717, 1.165) is 24.9 Å². The number of rotatable bonds is 5. The molecule has 3 heterocycles. The Labute approximate surface area is 156 Å². The zero-order valence-corrected chi connectivity index (χ0v) is 14.8. The predicted octanol–water partition coefficient (Wildman–Crippen LogP) is 2.06. The molecule has 1 fully saturated rings. The van der Waals surface area contributed by atoms with Crippen LogP contribution in [0.1, 0.15) is 18.7 Å². The van der Waals surface area contributed by atoms with E-state index in [0.29, 0.717) is 24.2 Å². The summed E-state index contributed by atoms with van der Waals surface area (Å²) in [6.07, 6.45) is 5.20. The largest absolute Gasteiger partial charge is 0.347 e. The van der Waals surface area contributed by atoms with Crippen LogP contribution >= 0.6 is 0 Å². The van der Waals surface area contributed by atoms with Crippen LogP contribution in [0.3, 0.4) is 0 Å². The minimum atomic E-state index is -0.112. The maximum absolute atomic E-state index is 12.6. The van der Waals surface area contributed by atoms with Crippen molar-refractivity contribution < 1.29 is 9.32 Å². The van der Waals surface area contributed by atoms with Crippen LogP contribution in [0.15, 0.2) is 53.3 Å². The van der Waals surface area contributed by atoms with Crippen molar-refractivity contribution in [3.05, 3.63) is 54.7 Å². The Kier molecular flexibility index (Phi) is 5.04. The lowest BCUT2D eigenvalue weighted by Gasteiger charge is -2.31. The van der Waals surface area contributed by atoms with E-state index in [4.69, 9.17) is 4.52 Å². The van der Waals surface area contributed by atoms with E-state index < -0.39 is 0 Å². The van der Waals surface area contributed by atoms with Crippen LogP contribution in [0, 0.1) is 5.92 Å². The molecule has 1 aliphatic rings. The van der Waals surface area contributed by atoms with Crippen molar-refractivity contribution >= 4 is 11.9 Å². The maximum Gasteiger partial charge on any atom is 0.246 e. The zero-order valence-electron chi connectivity index (χ0n) is 14.8. The molecule has 1 N–H and O–H groups in total. The van der Waals surface area contributed by atoms with E-state index in [2.05, 4.69) is 25.4 Å². The lowest BCUT2D eigenvalue weighted by molar-refractivity contribution is -0.125. The van der Waals surface area contributed by atoms with Crippen molar-refractivity contribution in [3.8, 4) is 11.4 Å². The quantitative estimate of drug-likeness (QED) is 0.740. The Morgan fingerprint density at radius 3 is 2.81 bits per heavy atom. The third kappa shape index (κ3) is 4.11. The van der Waals surface area contributed by atoms with Crippen LogP contribution in [-0.2, 0) is 11.3 Å². The fourth-order valence-electron chi connectivity index (χ4n) is 3.17. The van der Waals surface area contributed by atoms with Gasteiger partial charge in [-0.3, -0.25) is 4.79 Å². The first kappa shape index (κ1) is 17.1. The molecule has 1 saturated heterocycles. The van der Waals surface area contributed by atoms with Gasteiger partial charge in [0, 0.05) is 31.0 Å². The summed E-state index contributed by atoms with van der Waals surface area (Å²) in [6.45, 7) is 1.68. The second kappa shape index (κ2) is 7.94. The second-order valence-corrected chi connectivity index (χ2v) is 6.43. The molecule has 0 aliphatic carbocycles. The normalized spacial score (nSPS) is 16.9. The molecular weight excluding hydrogens is 344 g/mol. The lowest BCUT2D eigenvalue weighted by Crippen LogP contribution is -2.43. The minimum absolute atomic E-state index is 0.0184. The molecule has 1 aliphatic heterocycles. The Morgan fingerprint density at radius 1 is 1.19 bits per heavy atom. The smallest absolute Gasteiger partial charge is 0.246 e. The van der Waals surface area contributed by atoms with Gasteiger partial charge in [0.25, 0.3) is 0 Å². The molecule has 27 heavy (non-hydrogen) atoms. The number of amides is 1. The SMILES string of the molecule is O=C(NCc1nc(-c2ccccc2)no1)C1CCCN(c2ncccn2)C1. The summed E-state index contributed by atoms with van der Waals surface area (Å²) in [4.78, 5) is 27.5. The molecule has 0 saturated carbocycles. The van der Waals surface area contributed by atoms with E-state index >= 15 is 0 Å². The number of carbonyl (C=O) groups is 1. The first-order chi connectivity index (χ1) is 13.3. The van der Waals surface area contributed by atoms with Gasteiger partial charge in [-0.2, -0.15) is 4.98 Å². The van der Waals surface area contributed by atoms with Crippen molar-refractivity contribution in [3.63, 3.8) is 0 Å². The van der Waals surface area contributed by atoms with Gasteiger partial charge in [-0.25, -0.2) is 9.97 Å². The highest BCUT2D eigenvalue weighted by molar-refractivity contribution is 5.79. The first-order valence-corrected chi connectivity index (χ1v) is 8.97. The van der Waals surface area contributed by atoms with Crippen molar-refractivity contribution in [2.24, 2.45) is 5.92 Å². The van der Waals surface area contributed by atoms with Gasteiger partial charge in [0.05, 0.1) is 12.5 Å². The molecule has 4 rings (SSSR count). The van der Waals surface area contributed by atoms with E-state index in [-0.39, 0.29) is 18.4 Å². The highest BCUT2D eigenvalue weighted by Gasteiger charge is 2.27. The van der Waals surface area contributed by atoms with Crippen LogP contribution in [0.4, 0.5) is 5.95 Å². The fourth-order valence-corrected chi connectivity index (χ4v) is 3.17. The summed E-state index contributed by atoms with van der Waals surface area (Å²) < 4.78 is 5.24. The van der Waals surface area contributed by atoms with Crippen molar-refractivity contribution in [1.82, 2.24) is 25.4 Å². The third-order valence-electron chi connectivity index (χ3n) is 4.54. The van der Waals surface area contributed by atoms with Crippen LogP contribution in [-0.4, -0.2) is 39.1 Å². The van der Waals surface area contributed by atoms with Gasteiger partial charge in [0.2, 0.25) is 23.6 Å². The van der Waals surface area contributed by atoms with Gasteiger partial charge in [-0.15, -0.1) is 0 Å². The number of anilines is 1. The molecule has 0 radical (unpaired) electrons. The Balaban J connectivity index is 1.33. The summed E-state index contributed by atoms with van der Waals surface area (Å²) in [6, 6.07) is 11.4. The molecule has 1 aromatic carbocycles. The molecule has 138 valence electrons. The summed E-state index contributed by atoms with van der Waals surface area (Å²) in [7, 11) is 0. The molecular formula is C19H20N6O2. The number of carbonyl (C=O) groups excluding carboxylic acids is 1. The summed E-state index contributed by atoms with van der Waals surface area (Å²) in [5.41, 5.74) is 0.879. The molecule has 0 spiro atoms. The Bertz CT molecular complexity index is 883. The monoisotopic (exact) mass is 364 g/mol. The topological polar surface area (TPSA) is 97.0 Å². The van der Waals surface area contributed by atoms with Gasteiger partial charge in [-0.05, 0) is 18.9 Å². The van der Waals surface area contributed by atoms with Gasteiger partial charge < -0.3 is 14.7 Å². The fraction of sp³-hybridized carbons (Fsp3) is 0.316. The van der Waals surface area contributed by atoms with Gasteiger partial charge in [0.1, 0.15) is 0 Å². The highest BCUT2D eigenvalue weighted by atomic mass is 16.5. The number of nitrogens with one attached hydrogen (secondary N) is 1. The number of hydrogen-bond donors (Lipinski definition) is 1. The molecule has 0 bridgehead atoms. The van der Waals surface area contributed by atoms with Crippen LogP contribution in [0.2, 0.25) is 0 Å². The van der Waals surface area contributed by atoms with Gasteiger partial charge in [0.15, 0.2) is 0 Å². The highest BCUT2D eigenvalue weighted by Crippen LogP contribution is 2.20. The average molecular weight is 364 g/mol. The van der Waals surface area contributed by atoms with Crippen molar-refractivity contribution in [1.29, 1.82) is 0 Å². The maximum atomic E-state index is 12.6. The van der Waals surface area contributed by atoms with E-state index in [1.54, 1.807) is 18.5 Å². The summed E-state index contributed by atoms with van der Waals surface area (Å²) in [5.74, 6) is 1.44. The average Bonchev–Trinajstić information content (AvgIpc) is 3.22. The Morgan fingerprint density at radius 2 is 2.00 bits per heavy atom. The first-order valence-electron chi connectivity index (χ1n) is 8.97. The molecule has 1 unspecified atom stereocenters. The standard InChI is InChI=1S/C19H20N6O2/c26-18(15-8-4-11-25(13-15)19-20-9-5-10-21-19)22-12-16-23-17(24-27-16)14-6-2-1-3-7-14/h1-3,5-7,9-10,15H,4,8,11-13H2,(H,22,26). The molecule has 2 aromatic heterocycles. The van der Waals surface area contributed by atoms with Crippen molar-refractivity contribution in [2.75, 3.05) is 18.0 Å². The number of benzene rings is 1. The zero-order chi connectivity index (χ0) is 18.5.